The van der Waals surface area contributed by atoms with Crippen molar-refractivity contribution in [1.82, 2.24) is 0 Å². The topological polar surface area (TPSA) is 0 Å². The lowest BCUT2D eigenvalue weighted by atomic mass is 9.81. The van der Waals surface area contributed by atoms with Gasteiger partial charge in [0.1, 0.15) is 7.85 Å². The van der Waals surface area contributed by atoms with Crippen LogP contribution in [0.3, 0.4) is 0 Å². The molecule has 0 atom stereocenters. The van der Waals surface area contributed by atoms with E-state index in [9.17, 15) is 0 Å². The first-order chi connectivity index (χ1) is 15.1. The van der Waals surface area contributed by atoms with Crippen molar-refractivity contribution < 1.29 is 0 Å². The Hall–Kier alpha value is -2.80. The smallest absolute Gasteiger partial charge is 0.0813 e. The lowest BCUT2D eigenvalue weighted by Crippen LogP contribution is -2.11. The fourth-order valence-corrected chi connectivity index (χ4v) is 5.26. The largest absolute Gasteiger partial charge is 0.140 e. The molecular weight excluding hydrogens is 383 g/mol. The van der Waals surface area contributed by atoms with Crippen LogP contribution >= 0.6 is 0 Å². The molecule has 4 aromatic carbocycles. The molecule has 0 saturated heterocycles. The van der Waals surface area contributed by atoms with Crippen LogP contribution in [0.15, 0.2) is 72.8 Å². The zero-order valence-corrected chi connectivity index (χ0v) is 20.5. The standard InChI is InChI=1S/C31H33B/c1-30(2,3)19-13-15-24-26(17-19)27-18-20(31(4,5)6)14-16-25(27)29(24)23-11-7-10-22-21(23)9-8-12-28(22)32/h7-18,29H,32H2,1-6H3. The molecule has 1 heteroatoms. The van der Waals surface area contributed by atoms with Crippen molar-refractivity contribution in [3.8, 4) is 11.1 Å². The SMILES string of the molecule is Bc1cccc2c(C3c4ccc(C(C)(C)C)cc4-c4cc(C(C)(C)C)ccc43)cccc12. The van der Waals surface area contributed by atoms with E-state index < -0.39 is 0 Å². The molecule has 0 nitrogen and oxygen atoms in total. The van der Waals surface area contributed by atoms with E-state index in [1.54, 1.807) is 0 Å². The normalized spacial score (nSPS) is 13.9. The summed E-state index contributed by atoms with van der Waals surface area (Å²) in [5.74, 6) is 0.272. The molecule has 0 aromatic heterocycles. The molecule has 0 amide bonds. The Balaban J connectivity index is 1.82. The Morgan fingerprint density at radius 2 is 1.06 bits per heavy atom. The monoisotopic (exact) mass is 416 g/mol. The van der Waals surface area contributed by atoms with Gasteiger partial charge in [-0.15, -0.1) is 0 Å². The summed E-state index contributed by atoms with van der Waals surface area (Å²) >= 11 is 0. The van der Waals surface area contributed by atoms with Crippen LogP contribution in [0.4, 0.5) is 0 Å². The lowest BCUT2D eigenvalue weighted by molar-refractivity contribution is 0.589. The van der Waals surface area contributed by atoms with Gasteiger partial charge in [0.2, 0.25) is 0 Å². The van der Waals surface area contributed by atoms with Crippen LogP contribution in [0.25, 0.3) is 21.9 Å². The second-order valence-corrected chi connectivity index (χ2v) is 11.6. The first-order valence-electron chi connectivity index (χ1n) is 11.8. The summed E-state index contributed by atoms with van der Waals surface area (Å²) in [6.45, 7) is 13.8. The summed E-state index contributed by atoms with van der Waals surface area (Å²) < 4.78 is 0. The second kappa shape index (κ2) is 7.10. The lowest BCUT2D eigenvalue weighted by Gasteiger charge is -2.21. The molecule has 1 aliphatic carbocycles. The van der Waals surface area contributed by atoms with E-state index in [2.05, 4.69) is 122 Å². The molecule has 1 aliphatic rings. The minimum Gasteiger partial charge on any atom is -0.0813 e. The third-order valence-electron chi connectivity index (χ3n) is 7.24. The quantitative estimate of drug-likeness (QED) is 0.262. The Labute approximate surface area is 194 Å². The highest BCUT2D eigenvalue weighted by molar-refractivity contribution is 6.38. The highest BCUT2D eigenvalue weighted by Gasteiger charge is 2.33. The van der Waals surface area contributed by atoms with Gasteiger partial charge in [0, 0.05) is 5.92 Å². The van der Waals surface area contributed by atoms with E-state index in [1.165, 1.54) is 55.2 Å². The molecular formula is C31H33B. The average molecular weight is 416 g/mol. The predicted molar refractivity (Wildman–Crippen MR) is 142 cm³/mol. The molecule has 0 unspecified atom stereocenters. The first kappa shape index (κ1) is 21.1. The first-order valence-corrected chi connectivity index (χ1v) is 11.8. The highest BCUT2D eigenvalue weighted by Crippen LogP contribution is 2.51. The molecule has 0 fully saturated rings. The average Bonchev–Trinajstić information content (AvgIpc) is 3.05. The molecule has 0 radical (unpaired) electrons. The number of benzene rings is 4. The maximum Gasteiger partial charge on any atom is 0.140 e. The van der Waals surface area contributed by atoms with Gasteiger partial charge in [-0.2, -0.15) is 0 Å². The number of hydrogen-bond acceptors (Lipinski definition) is 0. The highest BCUT2D eigenvalue weighted by atomic mass is 14.4. The summed E-state index contributed by atoms with van der Waals surface area (Å²) in [5.41, 5.74) is 11.5. The van der Waals surface area contributed by atoms with Crippen molar-refractivity contribution in [1.29, 1.82) is 0 Å². The maximum atomic E-state index is 2.46. The third-order valence-corrected chi connectivity index (χ3v) is 7.24. The predicted octanol–water partition coefficient (Wildman–Crippen LogP) is 6.85. The molecule has 0 N–H and O–H groups in total. The van der Waals surface area contributed by atoms with Crippen LogP contribution in [0.2, 0.25) is 0 Å². The summed E-state index contributed by atoms with van der Waals surface area (Å²) in [6.07, 6.45) is 0. The number of rotatable bonds is 1. The summed E-state index contributed by atoms with van der Waals surface area (Å²) in [4.78, 5) is 0. The molecule has 160 valence electrons. The Morgan fingerprint density at radius 1 is 0.562 bits per heavy atom. The van der Waals surface area contributed by atoms with Gasteiger partial charge in [-0.3, -0.25) is 0 Å². The van der Waals surface area contributed by atoms with Crippen molar-refractivity contribution in [2.45, 2.75) is 58.3 Å². The van der Waals surface area contributed by atoms with Gasteiger partial charge in [0.25, 0.3) is 0 Å². The molecule has 32 heavy (non-hydrogen) atoms. The second-order valence-electron chi connectivity index (χ2n) is 11.6. The van der Waals surface area contributed by atoms with Crippen molar-refractivity contribution in [2.24, 2.45) is 0 Å². The van der Waals surface area contributed by atoms with Gasteiger partial charge in [-0.1, -0.05) is 120 Å². The third kappa shape index (κ3) is 3.30. The molecule has 0 bridgehead atoms. The van der Waals surface area contributed by atoms with Crippen LogP contribution in [-0.2, 0) is 10.8 Å². The summed E-state index contributed by atoms with van der Waals surface area (Å²) in [6, 6.07) is 27.9. The van der Waals surface area contributed by atoms with Crippen molar-refractivity contribution in [2.75, 3.05) is 0 Å². The minimum absolute atomic E-state index is 0.130. The van der Waals surface area contributed by atoms with Crippen molar-refractivity contribution in [3.05, 3.63) is 101 Å². The Bertz CT molecular complexity index is 1280. The van der Waals surface area contributed by atoms with E-state index >= 15 is 0 Å². The number of hydrogen-bond donors (Lipinski definition) is 0. The molecule has 0 saturated carbocycles. The fourth-order valence-electron chi connectivity index (χ4n) is 5.26. The van der Waals surface area contributed by atoms with E-state index in [1.807, 2.05) is 0 Å². The molecule has 0 heterocycles. The van der Waals surface area contributed by atoms with Gasteiger partial charge in [-0.05, 0) is 60.5 Å². The van der Waals surface area contributed by atoms with Crippen LogP contribution in [0.1, 0.15) is 75.3 Å². The van der Waals surface area contributed by atoms with Crippen LogP contribution in [-0.4, -0.2) is 7.85 Å². The van der Waals surface area contributed by atoms with Gasteiger partial charge < -0.3 is 0 Å². The van der Waals surface area contributed by atoms with Crippen molar-refractivity contribution >= 4 is 24.1 Å². The fraction of sp³-hybridized carbons (Fsp3) is 0.290. The minimum atomic E-state index is 0.130. The van der Waals surface area contributed by atoms with Gasteiger partial charge in [0.05, 0.1) is 0 Å². The molecule has 0 aliphatic heterocycles. The van der Waals surface area contributed by atoms with Gasteiger partial charge in [-0.25, -0.2) is 0 Å². The van der Waals surface area contributed by atoms with Gasteiger partial charge >= 0.3 is 0 Å². The van der Waals surface area contributed by atoms with Gasteiger partial charge in [0.15, 0.2) is 0 Å². The Morgan fingerprint density at radius 3 is 1.59 bits per heavy atom. The van der Waals surface area contributed by atoms with E-state index in [0.29, 0.717) is 0 Å². The molecule has 5 rings (SSSR count). The Kier molecular flexibility index (Phi) is 4.68. The van der Waals surface area contributed by atoms with Crippen molar-refractivity contribution in [3.63, 3.8) is 0 Å². The van der Waals surface area contributed by atoms with Crippen LogP contribution < -0.4 is 5.46 Å². The zero-order valence-electron chi connectivity index (χ0n) is 20.5. The van der Waals surface area contributed by atoms with E-state index in [-0.39, 0.29) is 16.7 Å². The van der Waals surface area contributed by atoms with E-state index in [4.69, 9.17) is 0 Å². The molecule has 4 aromatic rings. The summed E-state index contributed by atoms with van der Waals surface area (Å²) in [7, 11) is 2.22. The maximum absolute atomic E-state index is 2.46. The summed E-state index contributed by atoms with van der Waals surface area (Å²) in [5, 5.41) is 2.73. The van der Waals surface area contributed by atoms with E-state index in [0.717, 1.165) is 0 Å². The number of fused-ring (bicyclic) bond motifs is 4. The molecule has 0 spiro atoms. The van der Waals surface area contributed by atoms with Crippen LogP contribution in [0.5, 0.6) is 0 Å². The zero-order chi connectivity index (χ0) is 22.8. The van der Waals surface area contributed by atoms with Crippen LogP contribution in [0, 0.1) is 0 Å².